The molecule has 1 unspecified atom stereocenters. The van der Waals surface area contributed by atoms with Crippen molar-refractivity contribution in [2.45, 2.75) is 76.6 Å². The summed E-state index contributed by atoms with van der Waals surface area (Å²) in [5, 5.41) is 0. The maximum absolute atomic E-state index is 12.7. The van der Waals surface area contributed by atoms with Gasteiger partial charge in [-0.2, -0.15) is 0 Å². The molecule has 1 saturated carbocycles. The van der Waals surface area contributed by atoms with Gasteiger partial charge in [-0.1, -0.05) is 18.2 Å². The van der Waals surface area contributed by atoms with Crippen LogP contribution in [0, 0.1) is 5.41 Å². The van der Waals surface area contributed by atoms with Crippen molar-refractivity contribution < 1.29 is 19.1 Å². The number of hydrogen-bond acceptors (Lipinski definition) is 6. The van der Waals surface area contributed by atoms with Crippen LogP contribution in [0.15, 0.2) is 30.3 Å². The highest BCUT2D eigenvalue weighted by Gasteiger charge is 2.51. The molecule has 0 aromatic heterocycles. The molecule has 1 atom stereocenters. The second-order valence-corrected chi connectivity index (χ2v) is 10.7. The summed E-state index contributed by atoms with van der Waals surface area (Å²) in [5.74, 6) is -0.205. The summed E-state index contributed by atoms with van der Waals surface area (Å²) in [5.41, 5.74) is 0.952. The summed E-state index contributed by atoms with van der Waals surface area (Å²) in [4.78, 5) is 31.8. The lowest BCUT2D eigenvalue weighted by Crippen LogP contribution is -2.57. The Morgan fingerprint density at radius 2 is 1.74 bits per heavy atom. The van der Waals surface area contributed by atoms with E-state index in [2.05, 4.69) is 9.80 Å². The Balaban J connectivity index is 1.10. The van der Waals surface area contributed by atoms with Crippen molar-refractivity contribution in [2.24, 2.45) is 5.41 Å². The van der Waals surface area contributed by atoms with Gasteiger partial charge in [0.2, 0.25) is 0 Å². The smallest absolute Gasteiger partial charge is 0.409 e. The number of rotatable bonds is 5. The fourth-order valence-corrected chi connectivity index (χ4v) is 6.65. The third-order valence-electron chi connectivity index (χ3n) is 8.53. The second-order valence-electron chi connectivity index (χ2n) is 10.7. The van der Waals surface area contributed by atoms with E-state index in [-0.39, 0.29) is 18.3 Å². The number of carbonyl (C=O) groups excluding carboxylic acids is 2. The van der Waals surface area contributed by atoms with Gasteiger partial charge in [0, 0.05) is 31.7 Å². The number of ether oxygens (including phenoxy) is 2. The SMILES string of the molecule is CCOC(=O)N1CCC2(CC(N3CCC(N4CCCCC4OC(=O)c4ccccc4)CC3)C2)C1. The molecule has 0 radical (unpaired) electrons. The van der Waals surface area contributed by atoms with Crippen LogP contribution in [-0.4, -0.2) is 84.4 Å². The molecule has 3 saturated heterocycles. The molecule has 4 aliphatic rings. The fraction of sp³-hybridized carbons (Fsp3) is 0.704. The van der Waals surface area contributed by atoms with Gasteiger partial charge < -0.3 is 19.3 Å². The standard InChI is InChI=1S/C27H39N3O4/c1-2-33-26(32)29-17-13-27(20-29)18-23(19-27)28-15-11-22(12-16-28)30-14-7-6-10-24(30)34-25(31)21-8-4-3-5-9-21/h3-5,8-9,22-24H,2,6-7,10-20H2,1H3. The highest BCUT2D eigenvalue weighted by atomic mass is 16.6. The first kappa shape index (κ1) is 23.6. The third-order valence-corrected chi connectivity index (χ3v) is 8.53. The number of benzene rings is 1. The maximum Gasteiger partial charge on any atom is 0.409 e. The Morgan fingerprint density at radius 3 is 2.47 bits per heavy atom. The molecule has 1 aromatic rings. The summed E-state index contributed by atoms with van der Waals surface area (Å²) in [6.07, 6.45) is 8.78. The zero-order valence-electron chi connectivity index (χ0n) is 20.5. The van der Waals surface area contributed by atoms with Gasteiger partial charge in [0.1, 0.15) is 0 Å². The van der Waals surface area contributed by atoms with Crippen molar-refractivity contribution in [3.63, 3.8) is 0 Å². The molecule has 3 aliphatic heterocycles. The largest absolute Gasteiger partial charge is 0.450 e. The highest BCUT2D eigenvalue weighted by Crippen LogP contribution is 2.50. The summed E-state index contributed by atoms with van der Waals surface area (Å²) >= 11 is 0. The fourth-order valence-electron chi connectivity index (χ4n) is 6.65. The average molecular weight is 470 g/mol. The van der Waals surface area contributed by atoms with Crippen molar-refractivity contribution in [3.05, 3.63) is 35.9 Å². The molecule has 0 N–H and O–H groups in total. The number of hydrogen-bond donors (Lipinski definition) is 0. The Labute approximate surface area is 203 Å². The predicted molar refractivity (Wildman–Crippen MR) is 129 cm³/mol. The van der Waals surface area contributed by atoms with E-state index in [1.54, 1.807) is 0 Å². The Bertz CT molecular complexity index is 849. The van der Waals surface area contributed by atoms with Gasteiger partial charge in [0.25, 0.3) is 0 Å². The topological polar surface area (TPSA) is 62.3 Å². The maximum atomic E-state index is 12.7. The van der Waals surface area contributed by atoms with E-state index in [1.807, 2.05) is 42.2 Å². The lowest BCUT2D eigenvalue weighted by Gasteiger charge is -2.52. The van der Waals surface area contributed by atoms with Crippen molar-refractivity contribution in [3.8, 4) is 0 Å². The van der Waals surface area contributed by atoms with Crippen molar-refractivity contribution in [2.75, 3.05) is 39.3 Å². The normalized spacial score (nSPS) is 30.8. The van der Waals surface area contributed by atoms with Crippen molar-refractivity contribution in [1.29, 1.82) is 0 Å². The van der Waals surface area contributed by atoms with Crippen molar-refractivity contribution in [1.82, 2.24) is 14.7 Å². The summed E-state index contributed by atoms with van der Waals surface area (Å²) in [6, 6.07) is 10.5. The number of likely N-dealkylation sites (tertiary alicyclic amines) is 3. The number of nitrogens with zero attached hydrogens (tertiary/aromatic N) is 3. The van der Waals surface area contributed by atoms with Crippen LogP contribution in [0.25, 0.3) is 0 Å². The predicted octanol–water partition coefficient (Wildman–Crippen LogP) is 4.13. The lowest BCUT2D eigenvalue weighted by atomic mass is 9.64. The van der Waals surface area contributed by atoms with Crippen LogP contribution < -0.4 is 0 Å². The summed E-state index contributed by atoms with van der Waals surface area (Å²) in [7, 11) is 0. The van der Waals surface area contributed by atoms with Gasteiger partial charge in [0.15, 0.2) is 6.23 Å². The molecule has 1 aliphatic carbocycles. The van der Waals surface area contributed by atoms with Crippen LogP contribution in [0.2, 0.25) is 0 Å². The van der Waals surface area contributed by atoms with Crippen LogP contribution >= 0.6 is 0 Å². The quantitative estimate of drug-likeness (QED) is 0.605. The van der Waals surface area contributed by atoms with Gasteiger partial charge in [-0.15, -0.1) is 0 Å². The molecule has 1 spiro atoms. The highest BCUT2D eigenvalue weighted by molar-refractivity contribution is 5.89. The van der Waals surface area contributed by atoms with Crippen molar-refractivity contribution >= 4 is 12.1 Å². The minimum atomic E-state index is -0.205. The third kappa shape index (κ3) is 4.96. The molecular weight excluding hydrogens is 430 g/mol. The van der Waals surface area contributed by atoms with Gasteiger partial charge in [-0.25, -0.2) is 9.59 Å². The molecule has 0 bridgehead atoms. The summed E-state index contributed by atoms with van der Waals surface area (Å²) < 4.78 is 11.2. The Morgan fingerprint density at radius 1 is 0.971 bits per heavy atom. The Kier molecular flexibility index (Phi) is 7.11. The zero-order valence-corrected chi connectivity index (χ0v) is 20.5. The molecule has 5 rings (SSSR count). The molecule has 3 heterocycles. The zero-order chi connectivity index (χ0) is 23.5. The van der Waals surface area contributed by atoms with Crippen LogP contribution in [0.1, 0.15) is 68.6 Å². The molecule has 186 valence electrons. The Hall–Kier alpha value is -2.12. The first-order valence-electron chi connectivity index (χ1n) is 13.2. The summed E-state index contributed by atoms with van der Waals surface area (Å²) in [6.45, 7) is 7.27. The van der Waals surface area contributed by atoms with Gasteiger partial charge in [-0.3, -0.25) is 4.90 Å². The van der Waals surface area contributed by atoms with Crippen LogP contribution in [-0.2, 0) is 9.47 Å². The van der Waals surface area contributed by atoms with E-state index < -0.39 is 0 Å². The van der Waals surface area contributed by atoms with Crippen LogP contribution in [0.4, 0.5) is 4.79 Å². The van der Waals surface area contributed by atoms with E-state index in [0.29, 0.717) is 29.7 Å². The van der Waals surface area contributed by atoms with Gasteiger partial charge >= 0.3 is 12.1 Å². The first-order chi connectivity index (χ1) is 16.6. The van der Waals surface area contributed by atoms with E-state index >= 15 is 0 Å². The van der Waals surface area contributed by atoms with Crippen LogP contribution in [0.3, 0.4) is 0 Å². The average Bonchev–Trinajstić information content (AvgIpc) is 3.31. The van der Waals surface area contributed by atoms with E-state index in [9.17, 15) is 9.59 Å². The number of piperidine rings is 2. The molecule has 4 fully saturated rings. The molecule has 7 nitrogen and oxygen atoms in total. The molecular formula is C27H39N3O4. The van der Waals surface area contributed by atoms with Crippen LogP contribution in [0.5, 0.6) is 0 Å². The number of carbonyl (C=O) groups is 2. The molecule has 1 aromatic carbocycles. The molecule has 1 amide bonds. The lowest BCUT2D eigenvalue weighted by molar-refractivity contribution is -0.0860. The first-order valence-corrected chi connectivity index (χ1v) is 13.2. The second kappa shape index (κ2) is 10.2. The minimum Gasteiger partial charge on any atom is -0.450 e. The van der Waals surface area contributed by atoms with E-state index in [4.69, 9.17) is 9.47 Å². The molecule has 7 heteroatoms. The van der Waals surface area contributed by atoms with Gasteiger partial charge in [-0.05, 0) is 88.9 Å². The monoisotopic (exact) mass is 469 g/mol. The van der Waals surface area contributed by atoms with Gasteiger partial charge in [0.05, 0.1) is 12.2 Å². The van der Waals surface area contributed by atoms with E-state index in [0.717, 1.165) is 64.8 Å². The molecule has 34 heavy (non-hydrogen) atoms. The minimum absolute atomic E-state index is 0.0997. The number of esters is 1. The number of amides is 1. The van der Waals surface area contributed by atoms with E-state index in [1.165, 1.54) is 19.3 Å².